The highest BCUT2D eigenvalue weighted by Gasteiger charge is 2.30. The number of guanidine groups is 1. The summed E-state index contributed by atoms with van der Waals surface area (Å²) in [5.41, 5.74) is 2.28. The molecule has 1 N–H and O–H groups in total. The fourth-order valence-electron chi connectivity index (χ4n) is 4.27. The van der Waals surface area contributed by atoms with Crippen LogP contribution in [0.25, 0.3) is 0 Å². The van der Waals surface area contributed by atoms with Gasteiger partial charge < -0.3 is 19.7 Å². The van der Waals surface area contributed by atoms with Crippen molar-refractivity contribution in [1.82, 2.24) is 19.8 Å². The Labute approximate surface area is 166 Å². The van der Waals surface area contributed by atoms with E-state index in [0.717, 1.165) is 44.1 Å². The van der Waals surface area contributed by atoms with Gasteiger partial charge in [-0.15, -0.1) is 0 Å². The molecular weight excluding hydrogens is 352 g/mol. The van der Waals surface area contributed by atoms with E-state index < -0.39 is 0 Å². The molecule has 2 atom stereocenters. The number of carbonyl (C=O) groups is 1. The van der Waals surface area contributed by atoms with Crippen LogP contribution in [0.1, 0.15) is 24.9 Å². The van der Waals surface area contributed by atoms with Crippen LogP contribution in [0.15, 0.2) is 48.0 Å². The summed E-state index contributed by atoms with van der Waals surface area (Å²) in [5.74, 6) is 1.45. The summed E-state index contributed by atoms with van der Waals surface area (Å²) in [7, 11) is 1.78. The first kappa shape index (κ1) is 18.5. The first-order valence-corrected chi connectivity index (χ1v) is 9.98. The van der Waals surface area contributed by atoms with Crippen LogP contribution in [-0.4, -0.2) is 59.5 Å². The van der Waals surface area contributed by atoms with E-state index in [1.165, 1.54) is 5.56 Å². The third-order valence-corrected chi connectivity index (χ3v) is 5.92. The number of imidazole rings is 1. The van der Waals surface area contributed by atoms with Crippen molar-refractivity contribution in [2.75, 3.05) is 38.1 Å². The summed E-state index contributed by atoms with van der Waals surface area (Å²) in [5, 5.41) is 3.29. The quantitative estimate of drug-likeness (QED) is 0.653. The van der Waals surface area contributed by atoms with Gasteiger partial charge in [-0.05, 0) is 30.4 Å². The molecular formula is C21H28N6O. The summed E-state index contributed by atoms with van der Waals surface area (Å²) < 4.78 is 2.18. The lowest BCUT2D eigenvalue weighted by Crippen LogP contribution is -2.51. The number of nitrogens with zero attached hydrogens (tertiary/aromatic N) is 5. The zero-order chi connectivity index (χ0) is 19.5. The van der Waals surface area contributed by atoms with Gasteiger partial charge in [0.25, 0.3) is 0 Å². The standard InChI is InChI=1S/C21H28N6O/c1-16-7-10-25(14-19(16)26-12-9-23-15-26)21(22-2)24-13-20(28)27-11-8-17-5-3-4-6-18(17)27/h3-6,9,12,15-16,19H,7-8,10-11,13-14H2,1-2H3,(H,22,24). The number of rotatable bonds is 3. The van der Waals surface area contributed by atoms with Crippen molar-refractivity contribution in [2.45, 2.75) is 25.8 Å². The Bertz CT molecular complexity index is 846. The van der Waals surface area contributed by atoms with E-state index in [-0.39, 0.29) is 12.5 Å². The molecule has 7 heteroatoms. The molecule has 1 aromatic heterocycles. The SMILES string of the molecule is CN=C(NCC(=O)N1CCc2ccccc21)N1CCC(C)C(n2ccnc2)C1. The summed E-state index contributed by atoms with van der Waals surface area (Å²) in [6.07, 6.45) is 7.74. The molecule has 0 radical (unpaired) electrons. The second kappa shape index (κ2) is 8.04. The number of aliphatic imine (C=N–C) groups is 1. The first-order chi connectivity index (χ1) is 13.7. The normalized spacial score (nSPS) is 22.3. The van der Waals surface area contributed by atoms with Crippen molar-refractivity contribution >= 4 is 17.6 Å². The van der Waals surface area contributed by atoms with Gasteiger partial charge in [0.15, 0.2) is 5.96 Å². The highest BCUT2D eigenvalue weighted by Crippen LogP contribution is 2.28. The summed E-state index contributed by atoms with van der Waals surface area (Å²) in [4.78, 5) is 25.5. The molecule has 1 aromatic carbocycles. The molecule has 0 aliphatic carbocycles. The van der Waals surface area contributed by atoms with Gasteiger partial charge in [0.05, 0.1) is 18.9 Å². The number of anilines is 1. The summed E-state index contributed by atoms with van der Waals surface area (Å²) in [6.45, 7) is 5.09. The molecule has 1 amide bonds. The molecule has 0 bridgehead atoms. The average molecular weight is 380 g/mol. The van der Waals surface area contributed by atoms with E-state index in [1.54, 1.807) is 7.05 Å². The molecule has 2 aliphatic heterocycles. The van der Waals surface area contributed by atoms with Crippen molar-refractivity contribution < 1.29 is 4.79 Å². The van der Waals surface area contributed by atoms with E-state index in [9.17, 15) is 4.79 Å². The van der Waals surface area contributed by atoms with Gasteiger partial charge in [-0.2, -0.15) is 0 Å². The van der Waals surface area contributed by atoms with E-state index in [2.05, 4.69) is 37.8 Å². The van der Waals surface area contributed by atoms with Crippen LogP contribution in [-0.2, 0) is 11.2 Å². The molecule has 1 fully saturated rings. The van der Waals surface area contributed by atoms with Gasteiger partial charge in [0, 0.05) is 44.8 Å². The van der Waals surface area contributed by atoms with Crippen LogP contribution in [0.4, 0.5) is 5.69 Å². The largest absolute Gasteiger partial charge is 0.347 e. The molecule has 4 rings (SSSR count). The van der Waals surface area contributed by atoms with Crippen LogP contribution in [0.2, 0.25) is 0 Å². The van der Waals surface area contributed by atoms with E-state index in [1.807, 2.05) is 41.8 Å². The minimum absolute atomic E-state index is 0.0858. The predicted molar refractivity (Wildman–Crippen MR) is 110 cm³/mol. The molecule has 2 aliphatic rings. The predicted octanol–water partition coefficient (Wildman–Crippen LogP) is 1.93. The van der Waals surface area contributed by atoms with Crippen LogP contribution in [0, 0.1) is 5.92 Å². The maximum absolute atomic E-state index is 12.8. The lowest BCUT2D eigenvalue weighted by atomic mass is 9.93. The van der Waals surface area contributed by atoms with Crippen molar-refractivity contribution in [3.63, 3.8) is 0 Å². The van der Waals surface area contributed by atoms with E-state index >= 15 is 0 Å². The monoisotopic (exact) mass is 380 g/mol. The number of hydrogen-bond acceptors (Lipinski definition) is 3. The molecule has 0 saturated carbocycles. The number of fused-ring (bicyclic) bond motifs is 1. The fourth-order valence-corrected chi connectivity index (χ4v) is 4.27. The van der Waals surface area contributed by atoms with E-state index in [0.29, 0.717) is 12.0 Å². The maximum atomic E-state index is 12.8. The number of aromatic nitrogens is 2. The zero-order valence-electron chi connectivity index (χ0n) is 16.6. The first-order valence-electron chi connectivity index (χ1n) is 9.98. The van der Waals surface area contributed by atoms with Gasteiger partial charge in [0.2, 0.25) is 5.91 Å². The highest BCUT2D eigenvalue weighted by atomic mass is 16.2. The van der Waals surface area contributed by atoms with Gasteiger partial charge in [-0.25, -0.2) is 4.98 Å². The topological polar surface area (TPSA) is 65.8 Å². The molecule has 0 spiro atoms. The number of hydrogen-bond donors (Lipinski definition) is 1. The average Bonchev–Trinajstić information content (AvgIpc) is 3.39. The van der Waals surface area contributed by atoms with Gasteiger partial charge >= 0.3 is 0 Å². The summed E-state index contributed by atoms with van der Waals surface area (Å²) >= 11 is 0. The Hall–Kier alpha value is -2.83. The lowest BCUT2D eigenvalue weighted by molar-refractivity contribution is -0.117. The minimum atomic E-state index is 0.0858. The molecule has 28 heavy (non-hydrogen) atoms. The molecule has 2 unspecified atom stereocenters. The number of para-hydroxylation sites is 1. The van der Waals surface area contributed by atoms with Gasteiger partial charge in [-0.1, -0.05) is 25.1 Å². The number of carbonyl (C=O) groups excluding carboxylic acids is 1. The summed E-state index contributed by atoms with van der Waals surface area (Å²) in [6, 6.07) is 8.50. The smallest absolute Gasteiger partial charge is 0.246 e. The maximum Gasteiger partial charge on any atom is 0.246 e. The van der Waals surface area contributed by atoms with Gasteiger partial charge in [0.1, 0.15) is 0 Å². The van der Waals surface area contributed by atoms with Crippen LogP contribution in [0.3, 0.4) is 0 Å². The lowest BCUT2D eigenvalue weighted by Gasteiger charge is -2.39. The fraction of sp³-hybridized carbons (Fsp3) is 0.476. The Morgan fingerprint density at radius 3 is 2.96 bits per heavy atom. The number of likely N-dealkylation sites (tertiary alicyclic amines) is 1. The molecule has 2 aromatic rings. The van der Waals surface area contributed by atoms with Gasteiger partial charge in [-0.3, -0.25) is 9.79 Å². The molecule has 3 heterocycles. The minimum Gasteiger partial charge on any atom is -0.347 e. The second-order valence-corrected chi connectivity index (χ2v) is 7.61. The number of benzene rings is 1. The third kappa shape index (κ3) is 3.61. The van der Waals surface area contributed by atoms with Crippen LogP contribution < -0.4 is 10.2 Å². The third-order valence-electron chi connectivity index (χ3n) is 5.92. The Morgan fingerprint density at radius 2 is 2.18 bits per heavy atom. The van der Waals surface area contributed by atoms with Crippen molar-refractivity contribution in [3.05, 3.63) is 48.5 Å². The second-order valence-electron chi connectivity index (χ2n) is 7.61. The van der Waals surface area contributed by atoms with Crippen molar-refractivity contribution in [3.8, 4) is 0 Å². The number of nitrogens with one attached hydrogen (secondary N) is 1. The molecule has 7 nitrogen and oxygen atoms in total. The van der Waals surface area contributed by atoms with Crippen LogP contribution in [0.5, 0.6) is 0 Å². The van der Waals surface area contributed by atoms with E-state index in [4.69, 9.17) is 0 Å². The molecule has 148 valence electrons. The molecule has 1 saturated heterocycles. The Balaban J connectivity index is 1.38. The zero-order valence-corrected chi connectivity index (χ0v) is 16.6. The highest BCUT2D eigenvalue weighted by molar-refractivity contribution is 5.98. The Kier molecular flexibility index (Phi) is 5.32. The van der Waals surface area contributed by atoms with Crippen molar-refractivity contribution in [1.29, 1.82) is 0 Å². The Morgan fingerprint density at radius 1 is 1.32 bits per heavy atom. The van der Waals surface area contributed by atoms with Crippen LogP contribution >= 0.6 is 0 Å². The number of amides is 1. The number of piperidine rings is 1. The van der Waals surface area contributed by atoms with Crippen molar-refractivity contribution in [2.24, 2.45) is 10.9 Å².